The highest BCUT2D eigenvalue weighted by Crippen LogP contribution is 2.39. The van der Waals surface area contributed by atoms with Crippen LogP contribution in [0.3, 0.4) is 0 Å². The number of carboxylic acid groups (broad SMARTS) is 1. The van der Waals surface area contributed by atoms with E-state index in [2.05, 4.69) is 6.07 Å². The molecule has 140 valence electrons. The third-order valence-corrected chi connectivity index (χ3v) is 5.96. The molecule has 1 N–H and O–H groups in total. The summed E-state index contributed by atoms with van der Waals surface area (Å²) < 4.78 is 5.97. The molecule has 0 spiro atoms. The molecule has 0 aliphatic carbocycles. The number of amides is 1. The smallest absolute Gasteiger partial charge is 0.407 e. The van der Waals surface area contributed by atoms with Crippen LogP contribution >= 0.6 is 35.0 Å². The van der Waals surface area contributed by atoms with Gasteiger partial charge in [-0.05, 0) is 49.2 Å². The highest BCUT2D eigenvalue weighted by molar-refractivity contribution is 8.00. The van der Waals surface area contributed by atoms with E-state index in [0.29, 0.717) is 40.2 Å². The van der Waals surface area contributed by atoms with Crippen molar-refractivity contribution in [1.82, 2.24) is 4.90 Å². The summed E-state index contributed by atoms with van der Waals surface area (Å²) >= 11 is 13.7. The lowest BCUT2D eigenvalue weighted by Crippen LogP contribution is -2.38. The Morgan fingerprint density at radius 1 is 1.19 bits per heavy atom. The Morgan fingerprint density at radius 3 is 2.44 bits per heavy atom. The van der Waals surface area contributed by atoms with Gasteiger partial charge in [0, 0.05) is 28.4 Å². The molecule has 0 saturated carbocycles. The van der Waals surface area contributed by atoms with Crippen molar-refractivity contribution >= 4 is 41.1 Å². The van der Waals surface area contributed by atoms with Crippen molar-refractivity contribution in [2.24, 2.45) is 0 Å². The molecule has 2 aromatic rings. The number of piperidine rings is 1. The second kappa shape index (κ2) is 8.75. The van der Waals surface area contributed by atoms with Gasteiger partial charge in [0.25, 0.3) is 0 Å². The molecule has 5 nitrogen and oxygen atoms in total. The van der Waals surface area contributed by atoms with E-state index in [9.17, 15) is 10.1 Å². The van der Waals surface area contributed by atoms with Gasteiger partial charge in [-0.25, -0.2) is 4.79 Å². The van der Waals surface area contributed by atoms with Crippen LogP contribution < -0.4 is 4.74 Å². The maximum Gasteiger partial charge on any atom is 0.407 e. The van der Waals surface area contributed by atoms with Crippen LogP contribution in [0.4, 0.5) is 4.79 Å². The average Bonchev–Trinajstić information content (AvgIpc) is 2.62. The first-order valence-corrected chi connectivity index (χ1v) is 9.91. The molecule has 1 aliphatic heterocycles. The first kappa shape index (κ1) is 19.7. The molecular weight excluding hydrogens is 407 g/mol. The Bertz CT molecular complexity index is 873. The molecule has 2 aromatic carbocycles. The largest absolute Gasteiger partial charge is 0.465 e. The lowest BCUT2D eigenvalue weighted by atomic mass is 10.1. The van der Waals surface area contributed by atoms with Gasteiger partial charge in [0.15, 0.2) is 0 Å². The number of benzene rings is 2. The number of carbonyl (C=O) groups is 1. The SMILES string of the molecule is N#Cc1ccc(Oc2cc(Cl)cc(Cl)c2)c(SC2CCN(C(=O)O)CC2)c1. The Balaban J connectivity index is 1.79. The van der Waals surface area contributed by atoms with Gasteiger partial charge in [0.2, 0.25) is 0 Å². The number of hydrogen-bond donors (Lipinski definition) is 1. The van der Waals surface area contributed by atoms with E-state index < -0.39 is 6.09 Å². The van der Waals surface area contributed by atoms with Gasteiger partial charge in [-0.2, -0.15) is 5.26 Å². The second-order valence-electron chi connectivity index (χ2n) is 6.07. The summed E-state index contributed by atoms with van der Waals surface area (Å²) in [4.78, 5) is 13.3. The average molecular weight is 423 g/mol. The van der Waals surface area contributed by atoms with Gasteiger partial charge >= 0.3 is 6.09 Å². The zero-order valence-corrected chi connectivity index (χ0v) is 16.5. The van der Waals surface area contributed by atoms with Crippen LogP contribution in [0.25, 0.3) is 0 Å². The van der Waals surface area contributed by atoms with Gasteiger partial charge in [-0.1, -0.05) is 23.2 Å². The minimum Gasteiger partial charge on any atom is -0.465 e. The number of ether oxygens (including phenoxy) is 1. The Hall–Kier alpha value is -2.07. The summed E-state index contributed by atoms with van der Waals surface area (Å²) in [7, 11) is 0. The van der Waals surface area contributed by atoms with Crippen LogP contribution in [0.1, 0.15) is 18.4 Å². The molecule has 0 atom stereocenters. The number of thioether (sulfide) groups is 1. The monoisotopic (exact) mass is 422 g/mol. The summed E-state index contributed by atoms with van der Waals surface area (Å²) in [6.07, 6.45) is 0.610. The summed E-state index contributed by atoms with van der Waals surface area (Å²) in [6, 6.07) is 12.3. The van der Waals surface area contributed by atoms with Crippen molar-refractivity contribution in [3.8, 4) is 17.6 Å². The molecule has 0 unspecified atom stereocenters. The van der Waals surface area contributed by atoms with Gasteiger partial charge < -0.3 is 14.7 Å². The fraction of sp³-hybridized carbons (Fsp3) is 0.263. The van der Waals surface area contributed by atoms with Crippen LogP contribution in [0.15, 0.2) is 41.3 Å². The van der Waals surface area contributed by atoms with Crippen molar-refractivity contribution < 1.29 is 14.6 Å². The molecule has 3 rings (SSSR count). The summed E-state index contributed by atoms with van der Waals surface area (Å²) in [5.41, 5.74) is 0.539. The predicted molar refractivity (Wildman–Crippen MR) is 106 cm³/mol. The molecule has 1 fully saturated rings. The molecule has 8 heteroatoms. The zero-order chi connectivity index (χ0) is 19.4. The van der Waals surface area contributed by atoms with E-state index in [4.69, 9.17) is 33.0 Å². The third kappa shape index (κ3) is 5.23. The number of likely N-dealkylation sites (tertiary alicyclic amines) is 1. The fourth-order valence-electron chi connectivity index (χ4n) is 2.81. The zero-order valence-electron chi connectivity index (χ0n) is 14.2. The molecule has 0 aromatic heterocycles. The highest BCUT2D eigenvalue weighted by Gasteiger charge is 2.24. The molecule has 1 aliphatic rings. The number of nitriles is 1. The molecule has 1 amide bonds. The van der Waals surface area contributed by atoms with Gasteiger partial charge in [0.05, 0.1) is 16.5 Å². The topological polar surface area (TPSA) is 73.6 Å². The van der Waals surface area contributed by atoms with E-state index in [-0.39, 0.29) is 5.25 Å². The van der Waals surface area contributed by atoms with Crippen LogP contribution in [-0.2, 0) is 0 Å². The van der Waals surface area contributed by atoms with Crippen LogP contribution in [-0.4, -0.2) is 34.4 Å². The van der Waals surface area contributed by atoms with E-state index in [0.717, 1.165) is 17.7 Å². The molecule has 0 radical (unpaired) electrons. The van der Waals surface area contributed by atoms with Gasteiger partial charge in [-0.15, -0.1) is 11.8 Å². The molecule has 1 saturated heterocycles. The summed E-state index contributed by atoms with van der Waals surface area (Å²) in [6.45, 7) is 1.01. The Morgan fingerprint density at radius 2 is 1.85 bits per heavy atom. The Labute approximate surface area is 171 Å². The number of hydrogen-bond acceptors (Lipinski definition) is 4. The van der Waals surface area contributed by atoms with E-state index in [1.54, 1.807) is 48.2 Å². The Kier molecular flexibility index (Phi) is 6.38. The second-order valence-corrected chi connectivity index (χ2v) is 8.28. The lowest BCUT2D eigenvalue weighted by molar-refractivity contribution is 0.136. The fourth-order valence-corrected chi connectivity index (χ4v) is 4.55. The lowest BCUT2D eigenvalue weighted by Gasteiger charge is -2.29. The molecular formula is C19H16Cl2N2O3S. The summed E-state index contributed by atoms with van der Waals surface area (Å²) in [5, 5.41) is 19.5. The third-order valence-electron chi connectivity index (χ3n) is 4.14. The van der Waals surface area contributed by atoms with Crippen molar-refractivity contribution in [3.05, 3.63) is 52.0 Å². The summed E-state index contributed by atoms with van der Waals surface area (Å²) in [5.74, 6) is 1.12. The van der Waals surface area contributed by atoms with Crippen LogP contribution in [0, 0.1) is 11.3 Å². The first-order chi connectivity index (χ1) is 12.9. The highest BCUT2D eigenvalue weighted by atomic mass is 35.5. The van der Waals surface area contributed by atoms with Crippen LogP contribution in [0.2, 0.25) is 10.0 Å². The number of rotatable bonds is 4. The normalized spacial score (nSPS) is 14.6. The molecule has 0 bridgehead atoms. The minimum absolute atomic E-state index is 0.250. The predicted octanol–water partition coefficient (Wildman–Crippen LogP) is 5.89. The quantitative estimate of drug-likeness (QED) is 0.664. The standard InChI is InChI=1S/C19H16Cl2N2O3S/c20-13-8-14(21)10-15(9-13)26-17-2-1-12(11-22)7-18(17)27-16-3-5-23(6-4-16)19(24)25/h1-2,7-10,16H,3-6H2,(H,24,25). The van der Waals surface area contributed by atoms with Crippen molar-refractivity contribution in [1.29, 1.82) is 5.26 Å². The first-order valence-electron chi connectivity index (χ1n) is 8.27. The van der Waals surface area contributed by atoms with Gasteiger partial charge in [0.1, 0.15) is 11.5 Å². The number of halogens is 2. The van der Waals surface area contributed by atoms with E-state index >= 15 is 0 Å². The van der Waals surface area contributed by atoms with Crippen molar-refractivity contribution in [2.75, 3.05) is 13.1 Å². The van der Waals surface area contributed by atoms with Crippen molar-refractivity contribution in [3.63, 3.8) is 0 Å². The van der Waals surface area contributed by atoms with E-state index in [1.165, 1.54) is 4.90 Å². The maximum atomic E-state index is 11.1. The number of nitrogens with zero attached hydrogens (tertiary/aromatic N) is 2. The molecule has 1 heterocycles. The van der Waals surface area contributed by atoms with Gasteiger partial charge in [-0.3, -0.25) is 0 Å². The molecule has 27 heavy (non-hydrogen) atoms. The van der Waals surface area contributed by atoms with E-state index in [1.807, 2.05) is 0 Å². The van der Waals surface area contributed by atoms with Crippen molar-refractivity contribution in [2.45, 2.75) is 23.0 Å². The minimum atomic E-state index is -0.883. The maximum absolute atomic E-state index is 11.1. The van der Waals surface area contributed by atoms with Crippen LogP contribution in [0.5, 0.6) is 11.5 Å².